The first-order valence-corrected chi connectivity index (χ1v) is 39.4. The SMILES string of the molecule is CCCCCCCCCCCC(=O)NCC(=O)NCC(=O)N[C@@H](CCCN=C(N)N)C(=O)NCC(=O)N[C@@H](CC(=O)O)C(=O)N[C@@H](CCCN=C(N)N)C(=O)N1CCC[C@@H]1C(=O)N[C@@H](CC(C)C)C(=O)NCC(=O)N[C@H](C(=O)N[C@@H](CCCN=C(N)N)C(=O)N[C@H](C(=O)N[C@H](C(=O)N[C@H](C(N)=O)C(C)C)C(C)C)C(C)C)C(C)C. The number of likely N-dealkylation sites (tertiary alicyclic amines) is 1. The Morgan fingerprint density at radius 1 is 0.386 bits per heavy atom. The van der Waals surface area contributed by atoms with Crippen LogP contribution in [0.4, 0.5) is 0 Å². The first kappa shape index (κ1) is 101. The number of carbonyl (C=O) groups excluding carboxylic acids is 15. The predicted octanol–water partition coefficient (Wildman–Crippen LogP) is -4.48. The maximum absolute atomic E-state index is 14.7. The minimum Gasteiger partial charge on any atom is -0.481 e. The second kappa shape index (κ2) is 54.9. The van der Waals surface area contributed by atoms with Gasteiger partial charge >= 0.3 is 5.97 Å². The van der Waals surface area contributed by atoms with Gasteiger partial charge in [0, 0.05) is 32.6 Å². The first-order chi connectivity index (χ1) is 53.6. The van der Waals surface area contributed by atoms with Gasteiger partial charge in [-0.15, -0.1) is 0 Å². The molecule has 15 amide bonds. The maximum atomic E-state index is 14.7. The third-order valence-electron chi connectivity index (χ3n) is 18.2. The molecule has 646 valence electrons. The van der Waals surface area contributed by atoms with Gasteiger partial charge in [-0.25, -0.2) is 0 Å². The molecule has 0 saturated carbocycles. The van der Waals surface area contributed by atoms with E-state index in [0.717, 1.165) is 30.6 Å². The third kappa shape index (κ3) is 42.3. The average Bonchev–Trinajstić information content (AvgIpc) is 1.65. The largest absolute Gasteiger partial charge is 0.481 e. The molecule has 0 aromatic heterocycles. The maximum Gasteiger partial charge on any atom is 0.305 e. The van der Waals surface area contributed by atoms with Crippen LogP contribution in [0.2, 0.25) is 0 Å². The van der Waals surface area contributed by atoms with Crippen molar-refractivity contribution in [3.63, 3.8) is 0 Å². The number of carboxylic acids is 1. The predicted molar refractivity (Wildman–Crippen MR) is 426 cm³/mol. The zero-order valence-corrected chi connectivity index (χ0v) is 68.3. The number of guanidine groups is 3. The van der Waals surface area contributed by atoms with Crippen LogP contribution in [0.1, 0.15) is 205 Å². The van der Waals surface area contributed by atoms with Gasteiger partial charge in [0.25, 0.3) is 0 Å². The summed E-state index contributed by atoms with van der Waals surface area (Å²) in [5.41, 5.74) is 38.6. The van der Waals surface area contributed by atoms with Crippen molar-refractivity contribution in [2.24, 2.45) is 84.7 Å². The molecule has 0 aromatic rings. The Kier molecular flexibility index (Phi) is 48.8. The molecular weight excluding hydrogens is 1480 g/mol. The van der Waals surface area contributed by atoms with Crippen LogP contribution in [0.15, 0.2) is 15.0 Å². The summed E-state index contributed by atoms with van der Waals surface area (Å²) < 4.78 is 0. The number of nitrogens with two attached hydrogens (primary N) is 7. The average molecular weight is 1620 g/mol. The molecule has 0 bridgehead atoms. The molecule has 41 nitrogen and oxygen atoms in total. The van der Waals surface area contributed by atoms with Crippen LogP contribution in [0.3, 0.4) is 0 Å². The van der Waals surface area contributed by atoms with Crippen LogP contribution in [-0.2, 0) is 76.7 Å². The van der Waals surface area contributed by atoms with Crippen molar-refractivity contribution in [2.45, 2.75) is 265 Å². The van der Waals surface area contributed by atoms with Crippen LogP contribution in [0.25, 0.3) is 0 Å². The molecule has 0 radical (unpaired) electrons. The van der Waals surface area contributed by atoms with E-state index in [1.165, 1.54) is 25.7 Å². The monoisotopic (exact) mass is 1620 g/mol. The van der Waals surface area contributed by atoms with Crippen molar-refractivity contribution in [3.8, 4) is 0 Å². The minimum atomic E-state index is -1.89. The highest BCUT2D eigenvalue weighted by molar-refractivity contribution is 6.00. The van der Waals surface area contributed by atoms with E-state index >= 15 is 0 Å². The number of hydrogen-bond acceptors (Lipinski definition) is 19. The van der Waals surface area contributed by atoms with Crippen molar-refractivity contribution < 1.29 is 81.8 Å². The highest BCUT2D eigenvalue weighted by atomic mass is 16.4. The van der Waals surface area contributed by atoms with Gasteiger partial charge in [0.1, 0.15) is 60.4 Å². The van der Waals surface area contributed by atoms with Gasteiger partial charge in [-0.1, -0.05) is 128 Å². The van der Waals surface area contributed by atoms with Crippen molar-refractivity contribution in [1.82, 2.24) is 74.0 Å². The van der Waals surface area contributed by atoms with Crippen LogP contribution in [0.5, 0.6) is 0 Å². The van der Waals surface area contributed by atoms with Gasteiger partial charge < -0.3 is 119 Å². The number of carbonyl (C=O) groups is 16. The summed E-state index contributed by atoms with van der Waals surface area (Å²) in [4.78, 5) is 229. The molecule has 1 fully saturated rings. The molecule has 10 atom stereocenters. The summed E-state index contributed by atoms with van der Waals surface area (Å²) in [5.74, 6) is -16.9. The van der Waals surface area contributed by atoms with Crippen molar-refractivity contribution in [2.75, 3.05) is 52.4 Å². The summed E-state index contributed by atoms with van der Waals surface area (Å²) in [5, 5.41) is 42.7. The molecule has 28 N–H and O–H groups in total. The van der Waals surface area contributed by atoms with Crippen LogP contribution in [0, 0.1) is 29.6 Å². The lowest BCUT2D eigenvalue weighted by Gasteiger charge is -2.31. The number of primary amides is 1. The summed E-state index contributed by atoms with van der Waals surface area (Å²) >= 11 is 0. The van der Waals surface area contributed by atoms with E-state index in [1.54, 1.807) is 69.2 Å². The summed E-state index contributed by atoms with van der Waals surface area (Å²) in [7, 11) is 0. The Labute approximate surface area is 667 Å². The van der Waals surface area contributed by atoms with Gasteiger partial charge in [0.05, 0.1) is 32.6 Å². The Balaban J connectivity index is 3.33. The van der Waals surface area contributed by atoms with Crippen LogP contribution in [-0.4, -0.2) is 235 Å². The quantitative estimate of drug-likeness (QED) is 0.0155. The summed E-state index contributed by atoms with van der Waals surface area (Å²) in [6, 6.07) is -13.5. The fraction of sp³-hybridized carbons (Fsp3) is 0.740. The number of nitrogens with zero attached hydrogens (tertiary/aromatic N) is 4. The lowest BCUT2D eigenvalue weighted by Crippen LogP contribution is -2.61. The van der Waals surface area contributed by atoms with Crippen LogP contribution >= 0.6 is 0 Å². The number of aliphatic carboxylic acids is 1. The number of carboxylic acid groups (broad SMARTS) is 1. The number of unbranched alkanes of at least 4 members (excludes halogenated alkanes) is 8. The topological polar surface area (TPSA) is 672 Å². The minimum absolute atomic E-state index is 0.0120. The molecule has 1 aliphatic rings. The fourth-order valence-electron chi connectivity index (χ4n) is 12.0. The van der Waals surface area contributed by atoms with Crippen molar-refractivity contribution in [3.05, 3.63) is 0 Å². The third-order valence-corrected chi connectivity index (χ3v) is 18.2. The zero-order chi connectivity index (χ0) is 86.3. The molecule has 0 spiro atoms. The molecule has 0 aliphatic carbocycles. The Bertz CT molecular complexity index is 3270. The Hall–Kier alpha value is -10.7. The number of aliphatic imine (C=N–C) groups is 3. The summed E-state index contributed by atoms with van der Waals surface area (Å²) in [6.07, 6.45) is 9.01. The lowest BCUT2D eigenvalue weighted by molar-refractivity contribution is -0.143. The highest BCUT2D eigenvalue weighted by Gasteiger charge is 2.41. The lowest BCUT2D eigenvalue weighted by atomic mass is 9.97. The molecule has 41 heteroatoms. The molecule has 0 aromatic carbocycles. The molecule has 0 unspecified atom stereocenters. The normalized spacial score (nSPS) is 14.8. The molecule has 1 saturated heterocycles. The molecular formula is C73H132N24O17. The van der Waals surface area contributed by atoms with Gasteiger partial charge in [-0.3, -0.25) is 91.7 Å². The highest BCUT2D eigenvalue weighted by Crippen LogP contribution is 2.22. The second-order valence-electron chi connectivity index (χ2n) is 30.1. The van der Waals surface area contributed by atoms with E-state index in [0.29, 0.717) is 6.42 Å². The summed E-state index contributed by atoms with van der Waals surface area (Å²) in [6.45, 7) is 16.2. The van der Waals surface area contributed by atoms with E-state index < -0.39 is 199 Å². The number of rotatable bonds is 57. The van der Waals surface area contributed by atoms with E-state index in [-0.39, 0.29) is 126 Å². The van der Waals surface area contributed by atoms with Crippen molar-refractivity contribution >= 4 is 112 Å². The van der Waals surface area contributed by atoms with Gasteiger partial charge in [-0.05, 0) is 93.8 Å². The van der Waals surface area contributed by atoms with E-state index in [2.05, 4.69) is 91.0 Å². The Morgan fingerprint density at radius 3 is 1.23 bits per heavy atom. The van der Waals surface area contributed by atoms with E-state index in [4.69, 9.17) is 40.1 Å². The first-order valence-electron chi connectivity index (χ1n) is 39.4. The number of nitrogens with one attached hydrogen (secondary N) is 13. The molecule has 1 aliphatic heterocycles. The zero-order valence-electron chi connectivity index (χ0n) is 68.3. The van der Waals surface area contributed by atoms with Gasteiger partial charge in [0.2, 0.25) is 88.6 Å². The van der Waals surface area contributed by atoms with Crippen molar-refractivity contribution in [1.29, 1.82) is 0 Å². The van der Waals surface area contributed by atoms with Crippen LogP contribution < -0.4 is 109 Å². The molecule has 1 rings (SSSR count). The number of hydrogen-bond donors (Lipinski definition) is 21. The number of amides is 15. The molecule has 114 heavy (non-hydrogen) atoms. The van der Waals surface area contributed by atoms with E-state index in [9.17, 15) is 81.8 Å². The van der Waals surface area contributed by atoms with Gasteiger partial charge in [-0.2, -0.15) is 0 Å². The Morgan fingerprint density at radius 2 is 0.763 bits per heavy atom. The second-order valence-corrected chi connectivity index (χ2v) is 30.1. The molecule has 1 heterocycles. The smallest absolute Gasteiger partial charge is 0.305 e. The van der Waals surface area contributed by atoms with Gasteiger partial charge in [0.15, 0.2) is 17.9 Å². The fourth-order valence-corrected chi connectivity index (χ4v) is 12.0. The van der Waals surface area contributed by atoms with E-state index in [1.807, 2.05) is 0 Å². The standard InChI is InChI=1S/C73H132N24O17/c1-12-13-14-15-16-17-18-19-20-29-51(98)84-36-52(99)85-37-53(100)88-45(25-21-30-81-71(75)76)62(106)86-38-54(101)89-49(35-56(103)104)65(109)91-47(27-23-32-83-73(79)80)70(114)97-33-24-28-50(97)66(110)92-48(34-40(2)3)63(107)87-39-55(102)93-58(42(6)7)67(111)90-46(26-22-31-82-72(77)78)64(108)95-59(43(8)9)69(113)96-60(44(10)11)68(112)94-57(41(4)5)61(74)105/h40-50,57-60H,12-39H2,1-11H3,(H2,74,105)(H,84,98)(H,85,99)(H,86,106)(H,87,107)(H,88,100)(H,89,101)(H,90,111)(H,91,109)(H,92,110)(H,93,102)(H,94,112)(H,95,108)(H,96,113)(H,103,104)(H4,75,76,81)(H4,77,78,82)(H4,79,80,83)/t45-,46-,47-,48-,49-,50+,57-,58-,59-,60-/m0/s1.